The fourth-order valence-corrected chi connectivity index (χ4v) is 4.76. The molecule has 8 nitrogen and oxygen atoms in total. The maximum Gasteiger partial charge on any atom is 0.225 e. The third kappa shape index (κ3) is 4.83. The van der Waals surface area contributed by atoms with E-state index in [-0.39, 0.29) is 5.91 Å². The molecule has 3 N–H and O–H groups in total. The normalized spacial score (nSPS) is 11.2. The summed E-state index contributed by atoms with van der Waals surface area (Å²) in [6.07, 6.45) is 5.69. The SMILES string of the molecule is O=C(CCS)Nc1cccc(-c2c[nH]c3ncnc(Nc4ccc5c(cnn5Cc5ccccc5)c4)c23)c1. The Hall–Kier alpha value is -4.63. The summed E-state index contributed by atoms with van der Waals surface area (Å²) in [6, 6.07) is 24.2. The molecule has 3 heterocycles. The summed E-state index contributed by atoms with van der Waals surface area (Å²) in [5.74, 6) is 1.12. The minimum atomic E-state index is -0.0655. The van der Waals surface area contributed by atoms with Crippen molar-refractivity contribution in [2.24, 2.45) is 0 Å². The molecule has 0 fully saturated rings. The Labute approximate surface area is 224 Å². The second kappa shape index (κ2) is 10.4. The lowest BCUT2D eigenvalue weighted by Gasteiger charge is -2.10. The lowest BCUT2D eigenvalue weighted by Crippen LogP contribution is -2.11. The zero-order valence-electron chi connectivity index (χ0n) is 20.4. The van der Waals surface area contributed by atoms with Crippen LogP contribution in [0.15, 0.2) is 91.5 Å². The van der Waals surface area contributed by atoms with Gasteiger partial charge in [-0.05, 0) is 47.2 Å². The molecule has 0 spiro atoms. The molecule has 38 heavy (non-hydrogen) atoms. The number of anilines is 3. The Bertz CT molecular complexity index is 1740. The molecule has 1 amide bonds. The monoisotopic (exact) mass is 519 g/mol. The Kier molecular flexibility index (Phi) is 6.49. The second-order valence-electron chi connectivity index (χ2n) is 8.94. The number of carbonyl (C=O) groups excluding carboxylic acids is 1. The van der Waals surface area contributed by atoms with Gasteiger partial charge in [0, 0.05) is 34.9 Å². The van der Waals surface area contributed by atoms with Crippen molar-refractivity contribution in [3.05, 3.63) is 97.1 Å². The number of rotatable bonds is 8. The van der Waals surface area contributed by atoms with Crippen LogP contribution >= 0.6 is 12.6 Å². The molecule has 0 aliphatic rings. The summed E-state index contributed by atoms with van der Waals surface area (Å²) in [6.45, 7) is 0.713. The maximum atomic E-state index is 12.1. The first-order chi connectivity index (χ1) is 18.7. The molecule has 0 bridgehead atoms. The first-order valence-electron chi connectivity index (χ1n) is 12.3. The molecule has 188 valence electrons. The van der Waals surface area contributed by atoms with Crippen molar-refractivity contribution in [3.63, 3.8) is 0 Å². The van der Waals surface area contributed by atoms with Crippen molar-refractivity contribution < 1.29 is 4.79 Å². The highest BCUT2D eigenvalue weighted by Crippen LogP contribution is 2.34. The number of thiol groups is 1. The highest BCUT2D eigenvalue weighted by molar-refractivity contribution is 7.80. The number of H-pyrrole nitrogens is 1. The van der Waals surface area contributed by atoms with E-state index in [1.165, 1.54) is 11.9 Å². The Morgan fingerprint density at radius 3 is 2.74 bits per heavy atom. The van der Waals surface area contributed by atoms with Crippen molar-refractivity contribution in [2.75, 3.05) is 16.4 Å². The predicted molar refractivity (Wildman–Crippen MR) is 155 cm³/mol. The summed E-state index contributed by atoms with van der Waals surface area (Å²) >= 11 is 4.14. The second-order valence-corrected chi connectivity index (χ2v) is 9.38. The summed E-state index contributed by atoms with van der Waals surface area (Å²) in [7, 11) is 0. The number of hydrogen-bond donors (Lipinski definition) is 4. The smallest absolute Gasteiger partial charge is 0.225 e. The van der Waals surface area contributed by atoms with Crippen molar-refractivity contribution >= 4 is 57.7 Å². The molecule has 0 radical (unpaired) electrons. The van der Waals surface area contributed by atoms with Crippen LogP contribution in [-0.4, -0.2) is 36.4 Å². The average Bonchev–Trinajstić information content (AvgIpc) is 3.54. The highest BCUT2D eigenvalue weighted by Gasteiger charge is 2.14. The van der Waals surface area contributed by atoms with Gasteiger partial charge in [-0.25, -0.2) is 9.97 Å². The molecule has 9 heteroatoms. The molecule has 6 aromatic rings. The van der Waals surface area contributed by atoms with Crippen LogP contribution in [0.3, 0.4) is 0 Å². The van der Waals surface area contributed by atoms with Crippen LogP contribution < -0.4 is 10.6 Å². The van der Waals surface area contributed by atoms with Crippen molar-refractivity contribution in [1.82, 2.24) is 24.7 Å². The van der Waals surface area contributed by atoms with Gasteiger partial charge in [0.15, 0.2) is 0 Å². The van der Waals surface area contributed by atoms with E-state index in [1.54, 1.807) is 0 Å². The molecule has 0 unspecified atom stereocenters. The zero-order chi connectivity index (χ0) is 25.9. The zero-order valence-corrected chi connectivity index (χ0v) is 21.3. The molecule has 3 aromatic heterocycles. The first kappa shape index (κ1) is 23.7. The molecular formula is C29H25N7OS. The molecular weight excluding hydrogens is 494 g/mol. The van der Waals surface area contributed by atoms with Crippen LogP contribution in [0.2, 0.25) is 0 Å². The first-order valence-corrected chi connectivity index (χ1v) is 12.9. The lowest BCUT2D eigenvalue weighted by molar-refractivity contribution is -0.115. The molecule has 0 aliphatic heterocycles. The highest BCUT2D eigenvalue weighted by atomic mass is 32.1. The number of nitrogens with zero attached hydrogens (tertiary/aromatic N) is 4. The van der Waals surface area contributed by atoms with Crippen LogP contribution in [-0.2, 0) is 11.3 Å². The van der Waals surface area contributed by atoms with Crippen LogP contribution in [0.4, 0.5) is 17.2 Å². The van der Waals surface area contributed by atoms with Gasteiger partial charge in [0.1, 0.15) is 17.8 Å². The summed E-state index contributed by atoms with van der Waals surface area (Å²) in [4.78, 5) is 24.3. The summed E-state index contributed by atoms with van der Waals surface area (Å²) < 4.78 is 2.00. The van der Waals surface area contributed by atoms with Crippen molar-refractivity contribution in [1.29, 1.82) is 0 Å². The van der Waals surface area contributed by atoms with Crippen LogP contribution in [0.25, 0.3) is 33.1 Å². The third-order valence-electron chi connectivity index (χ3n) is 6.35. The number of hydrogen-bond acceptors (Lipinski definition) is 6. The summed E-state index contributed by atoms with van der Waals surface area (Å²) in [5.41, 5.74) is 6.49. The number of aromatic nitrogens is 5. The molecule has 0 atom stereocenters. The van der Waals surface area contributed by atoms with E-state index >= 15 is 0 Å². The number of carbonyl (C=O) groups is 1. The van der Waals surface area contributed by atoms with Gasteiger partial charge < -0.3 is 15.6 Å². The van der Waals surface area contributed by atoms with Gasteiger partial charge in [-0.15, -0.1) is 0 Å². The molecule has 0 aliphatic carbocycles. The molecule has 6 rings (SSSR count). The van der Waals surface area contributed by atoms with Gasteiger partial charge in [-0.1, -0.05) is 42.5 Å². The Morgan fingerprint density at radius 2 is 1.87 bits per heavy atom. The van der Waals surface area contributed by atoms with Crippen LogP contribution in [0.5, 0.6) is 0 Å². The molecule has 3 aromatic carbocycles. The summed E-state index contributed by atoms with van der Waals surface area (Å²) in [5, 5.41) is 12.9. The largest absolute Gasteiger partial charge is 0.345 e. The number of fused-ring (bicyclic) bond motifs is 2. The van der Waals surface area contributed by atoms with E-state index in [9.17, 15) is 4.79 Å². The average molecular weight is 520 g/mol. The van der Waals surface area contributed by atoms with E-state index in [4.69, 9.17) is 0 Å². The third-order valence-corrected chi connectivity index (χ3v) is 6.57. The fourth-order valence-electron chi connectivity index (χ4n) is 4.56. The van der Waals surface area contributed by atoms with Gasteiger partial charge in [0.2, 0.25) is 5.91 Å². The minimum absolute atomic E-state index is 0.0655. The lowest BCUT2D eigenvalue weighted by atomic mass is 10.1. The quantitative estimate of drug-likeness (QED) is 0.184. The van der Waals surface area contributed by atoms with E-state index in [0.29, 0.717) is 24.5 Å². The van der Waals surface area contributed by atoms with Gasteiger partial charge in [0.05, 0.1) is 23.6 Å². The van der Waals surface area contributed by atoms with E-state index in [2.05, 4.69) is 67.6 Å². The van der Waals surface area contributed by atoms with Gasteiger partial charge in [-0.3, -0.25) is 9.48 Å². The fraction of sp³-hybridized carbons (Fsp3) is 0.103. The standard InChI is InChI=1S/C29H25N7OS/c37-26(11-12-38)34-22-8-4-7-20(13-22)24-16-30-28-27(24)29(32-18-31-28)35-23-9-10-25-21(14-23)15-33-36(25)17-19-5-2-1-3-6-19/h1-10,13-16,18,38H,11-12,17H2,(H,34,37)(H2,30,31,32,35). The van der Waals surface area contributed by atoms with Crippen LogP contribution in [0.1, 0.15) is 12.0 Å². The Morgan fingerprint density at radius 1 is 0.974 bits per heavy atom. The number of aromatic amines is 1. The number of nitrogens with one attached hydrogen (secondary N) is 3. The number of amides is 1. The minimum Gasteiger partial charge on any atom is -0.345 e. The van der Waals surface area contributed by atoms with Gasteiger partial charge >= 0.3 is 0 Å². The molecule has 0 saturated heterocycles. The van der Waals surface area contributed by atoms with Gasteiger partial charge in [0.25, 0.3) is 0 Å². The van der Waals surface area contributed by atoms with Crippen molar-refractivity contribution in [3.8, 4) is 11.1 Å². The van der Waals surface area contributed by atoms with E-state index in [1.807, 2.05) is 65.6 Å². The molecule has 0 saturated carbocycles. The predicted octanol–water partition coefficient (Wildman–Crippen LogP) is 6.02. The van der Waals surface area contributed by atoms with Gasteiger partial charge in [-0.2, -0.15) is 17.7 Å². The van der Waals surface area contributed by atoms with Crippen molar-refractivity contribution in [2.45, 2.75) is 13.0 Å². The Balaban J connectivity index is 1.30. The number of benzene rings is 3. The maximum absolute atomic E-state index is 12.1. The van der Waals surface area contributed by atoms with Crippen LogP contribution in [0, 0.1) is 0 Å². The van der Waals surface area contributed by atoms with E-state index in [0.717, 1.165) is 44.4 Å². The topological polar surface area (TPSA) is 101 Å². The van der Waals surface area contributed by atoms with E-state index < -0.39 is 0 Å².